The Labute approximate surface area is 310 Å². The number of aromatic nitrogens is 4. The van der Waals surface area contributed by atoms with Crippen LogP contribution >= 0.6 is 0 Å². The van der Waals surface area contributed by atoms with Gasteiger partial charge in [0, 0.05) is 38.2 Å². The molecule has 54 heavy (non-hydrogen) atoms. The average molecular weight is 691 g/mol. The van der Waals surface area contributed by atoms with Crippen molar-refractivity contribution in [3.05, 3.63) is 182 Å². The van der Waals surface area contributed by atoms with Crippen LogP contribution in [0.5, 0.6) is 0 Å². The van der Waals surface area contributed by atoms with Gasteiger partial charge in [0.05, 0.1) is 11.0 Å². The van der Waals surface area contributed by atoms with Gasteiger partial charge in [0.1, 0.15) is 11.2 Å². The third-order valence-corrected chi connectivity index (χ3v) is 10.5. The number of benzene rings is 8. The van der Waals surface area contributed by atoms with Crippen LogP contribution in [0.1, 0.15) is 0 Å². The van der Waals surface area contributed by atoms with Crippen LogP contribution in [-0.4, -0.2) is 19.5 Å². The summed E-state index contributed by atoms with van der Waals surface area (Å²) in [6.45, 7) is 0. The zero-order valence-corrected chi connectivity index (χ0v) is 29.0. The molecule has 0 radical (unpaired) electrons. The standard InChI is InChI=1S/C49H30N4O/c1-3-14-32(15-4-1)47-50-48(33-16-5-2-6-17-33)52-49(51-47)53-42-23-10-9-19-37(42)39-21-11-22-40(46(39)53)38-20-12-24-43-45(38)41-28-27-36(30-44(41)54-43)35-26-25-31-13-7-8-18-34(31)29-35/h1-30H. The molecule has 0 unspecified atom stereocenters. The molecule has 0 spiro atoms. The number of furan rings is 1. The fraction of sp³-hybridized carbons (Fsp3) is 0. The van der Waals surface area contributed by atoms with E-state index in [2.05, 4.69) is 126 Å². The van der Waals surface area contributed by atoms with E-state index in [1.54, 1.807) is 0 Å². The van der Waals surface area contributed by atoms with Gasteiger partial charge < -0.3 is 4.42 Å². The summed E-state index contributed by atoms with van der Waals surface area (Å²) in [6.07, 6.45) is 0. The van der Waals surface area contributed by atoms with Crippen molar-refractivity contribution in [2.24, 2.45) is 0 Å². The highest BCUT2D eigenvalue weighted by Gasteiger charge is 2.22. The first-order chi connectivity index (χ1) is 26.8. The summed E-state index contributed by atoms with van der Waals surface area (Å²) in [6, 6.07) is 63.3. The lowest BCUT2D eigenvalue weighted by Gasteiger charge is -2.13. The van der Waals surface area contributed by atoms with Gasteiger partial charge in [0.15, 0.2) is 11.6 Å². The molecule has 0 atom stereocenters. The van der Waals surface area contributed by atoms with Gasteiger partial charge in [-0.15, -0.1) is 0 Å². The Balaban J connectivity index is 1.16. The van der Waals surface area contributed by atoms with Gasteiger partial charge in [0.2, 0.25) is 5.95 Å². The largest absolute Gasteiger partial charge is 0.456 e. The number of hydrogen-bond donors (Lipinski definition) is 0. The van der Waals surface area contributed by atoms with E-state index in [9.17, 15) is 0 Å². The summed E-state index contributed by atoms with van der Waals surface area (Å²) in [4.78, 5) is 15.4. The zero-order chi connectivity index (χ0) is 35.6. The predicted molar refractivity (Wildman–Crippen MR) is 221 cm³/mol. The van der Waals surface area contributed by atoms with Gasteiger partial charge in [-0.2, -0.15) is 9.97 Å². The molecule has 0 saturated carbocycles. The summed E-state index contributed by atoms with van der Waals surface area (Å²) in [5.41, 5.74) is 10.0. The fourth-order valence-electron chi connectivity index (χ4n) is 7.94. The van der Waals surface area contributed by atoms with E-state index in [0.717, 1.165) is 77.1 Å². The van der Waals surface area contributed by atoms with Crippen LogP contribution in [0.2, 0.25) is 0 Å². The van der Waals surface area contributed by atoms with E-state index in [0.29, 0.717) is 17.6 Å². The van der Waals surface area contributed by atoms with Gasteiger partial charge in [-0.25, -0.2) is 4.98 Å². The van der Waals surface area contributed by atoms with Crippen molar-refractivity contribution in [1.29, 1.82) is 0 Å². The highest BCUT2D eigenvalue weighted by atomic mass is 16.3. The summed E-state index contributed by atoms with van der Waals surface area (Å²) >= 11 is 0. The highest BCUT2D eigenvalue weighted by Crippen LogP contribution is 2.43. The third-order valence-electron chi connectivity index (χ3n) is 10.5. The van der Waals surface area contributed by atoms with E-state index >= 15 is 0 Å². The molecule has 3 aromatic heterocycles. The molecule has 11 aromatic rings. The molecule has 3 heterocycles. The number of hydrogen-bond acceptors (Lipinski definition) is 4. The minimum atomic E-state index is 0.561. The van der Waals surface area contributed by atoms with Gasteiger partial charge in [-0.05, 0) is 57.8 Å². The molecule has 5 heteroatoms. The monoisotopic (exact) mass is 690 g/mol. The minimum Gasteiger partial charge on any atom is -0.456 e. The molecule has 0 N–H and O–H groups in total. The first kappa shape index (κ1) is 30.3. The van der Waals surface area contributed by atoms with E-state index in [-0.39, 0.29) is 0 Å². The van der Waals surface area contributed by atoms with Crippen LogP contribution in [0.3, 0.4) is 0 Å². The molecular formula is C49H30N4O. The van der Waals surface area contributed by atoms with Crippen molar-refractivity contribution >= 4 is 54.5 Å². The number of rotatable bonds is 5. The zero-order valence-electron chi connectivity index (χ0n) is 29.0. The van der Waals surface area contributed by atoms with E-state index in [1.807, 2.05) is 60.7 Å². The van der Waals surface area contributed by atoms with Crippen molar-refractivity contribution in [2.75, 3.05) is 0 Å². The van der Waals surface area contributed by atoms with E-state index < -0.39 is 0 Å². The topological polar surface area (TPSA) is 56.7 Å². The van der Waals surface area contributed by atoms with Crippen molar-refractivity contribution in [3.63, 3.8) is 0 Å². The number of para-hydroxylation sites is 2. The fourth-order valence-corrected chi connectivity index (χ4v) is 7.94. The second-order valence-electron chi connectivity index (χ2n) is 13.6. The molecule has 0 aliphatic heterocycles. The molecule has 5 nitrogen and oxygen atoms in total. The molecule has 0 saturated heterocycles. The van der Waals surface area contributed by atoms with Gasteiger partial charge >= 0.3 is 0 Å². The highest BCUT2D eigenvalue weighted by molar-refractivity contribution is 6.19. The molecule has 0 bridgehead atoms. The Morgan fingerprint density at radius 3 is 1.81 bits per heavy atom. The number of fused-ring (bicyclic) bond motifs is 7. The molecule has 11 rings (SSSR count). The lowest BCUT2D eigenvalue weighted by atomic mass is 9.96. The Morgan fingerprint density at radius 1 is 0.389 bits per heavy atom. The molecule has 252 valence electrons. The van der Waals surface area contributed by atoms with Crippen LogP contribution in [0, 0.1) is 0 Å². The van der Waals surface area contributed by atoms with Crippen LogP contribution in [0.4, 0.5) is 0 Å². The normalized spacial score (nSPS) is 11.7. The second-order valence-corrected chi connectivity index (χ2v) is 13.6. The Morgan fingerprint density at radius 2 is 1.02 bits per heavy atom. The first-order valence-electron chi connectivity index (χ1n) is 18.1. The average Bonchev–Trinajstić information content (AvgIpc) is 3.80. The first-order valence-corrected chi connectivity index (χ1v) is 18.1. The summed E-state index contributed by atoms with van der Waals surface area (Å²) in [5, 5.41) is 6.84. The molecule has 0 aliphatic rings. The van der Waals surface area contributed by atoms with Crippen LogP contribution in [0.15, 0.2) is 186 Å². The Kier molecular flexibility index (Phi) is 6.79. The quantitative estimate of drug-likeness (QED) is 0.180. The lowest BCUT2D eigenvalue weighted by molar-refractivity contribution is 0.669. The molecular weight excluding hydrogens is 661 g/mol. The van der Waals surface area contributed by atoms with E-state index in [1.165, 1.54) is 10.8 Å². The number of nitrogens with zero attached hydrogens (tertiary/aromatic N) is 4. The SMILES string of the molecule is c1ccc(-c2nc(-c3ccccc3)nc(-n3c4ccccc4c4cccc(-c5cccc6oc7cc(-c8ccc9ccccc9c8)ccc7c56)c43)n2)cc1. The molecule has 8 aromatic carbocycles. The summed E-state index contributed by atoms with van der Waals surface area (Å²) in [5.74, 6) is 1.80. The lowest BCUT2D eigenvalue weighted by Crippen LogP contribution is -2.07. The van der Waals surface area contributed by atoms with Crippen molar-refractivity contribution in [1.82, 2.24) is 19.5 Å². The van der Waals surface area contributed by atoms with Crippen LogP contribution in [-0.2, 0) is 0 Å². The molecule has 0 aliphatic carbocycles. The smallest absolute Gasteiger partial charge is 0.238 e. The maximum Gasteiger partial charge on any atom is 0.238 e. The maximum atomic E-state index is 6.64. The maximum absolute atomic E-state index is 6.64. The van der Waals surface area contributed by atoms with Crippen LogP contribution in [0.25, 0.3) is 105 Å². The predicted octanol–water partition coefficient (Wildman–Crippen LogP) is 12.7. The van der Waals surface area contributed by atoms with Crippen molar-refractivity contribution in [2.45, 2.75) is 0 Å². The summed E-state index contributed by atoms with van der Waals surface area (Å²) < 4.78 is 8.85. The Bertz CT molecular complexity index is 3160. The second kappa shape index (κ2) is 12.1. The van der Waals surface area contributed by atoms with E-state index in [4.69, 9.17) is 19.4 Å². The van der Waals surface area contributed by atoms with Crippen molar-refractivity contribution in [3.8, 4) is 51.0 Å². The molecule has 0 amide bonds. The Hall–Kier alpha value is -7.37. The third kappa shape index (κ3) is 4.83. The van der Waals surface area contributed by atoms with Gasteiger partial charge in [-0.3, -0.25) is 4.57 Å². The van der Waals surface area contributed by atoms with Gasteiger partial charge in [-0.1, -0.05) is 152 Å². The van der Waals surface area contributed by atoms with Crippen LogP contribution < -0.4 is 0 Å². The molecule has 0 fully saturated rings. The summed E-state index contributed by atoms with van der Waals surface area (Å²) in [7, 11) is 0. The minimum absolute atomic E-state index is 0.561. The van der Waals surface area contributed by atoms with Gasteiger partial charge in [0.25, 0.3) is 0 Å². The van der Waals surface area contributed by atoms with Crippen molar-refractivity contribution < 1.29 is 4.42 Å².